The second kappa shape index (κ2) is 8.77. The van der Waals surface area contributed by atoms with Gasteiger partial charge in [-0.3, -0.25) is 4.79 Å². The lowest BCUT2D eigenvalue weighted by molar-refractivity contribution is -0.121. The van der Waals surface area contributed by atoms with Gasteiger partial charge in [-0.2, -0.15) is 5.10 Å². The Kier molecular flexibility index (Phi) is 5.74. The summed E-state index contributed by atoms with van der Waals surface area (Å²) in [6.45, 7) is 3.03. The molecular weight excluding hydrogens is 380 g/mol. The van der Waals surface area contributed by atoms with Crippen LogP contribution in [0.5, 0.6) is 0 Å². The molecule has 1 aliphatic heterocycles. The summed E-state index contributed by atoms with van der Waals surface area (Å²) >= 11 is 0. The van der Waals surface area contributed by atoms with Crippen LogP contribution in [0.2, 0.25) is 0 Å². The molecule has 0 radical (unpaired) electrons. The predicted octanol–water partition coefficient (Wildman–Crippen LogP) is 3.46. The number of hydrogen-bond donors (Lipinski definition) is 2. The van der Waals surface area contributed by atoms with Gasteiger partial charge in [-0.25, -0.2) is 14.5 Å². The number of urea groups is 1. The van der Waals surface area contributed by atoms with Crippen molar-refractivity contribution in [2.75, 3.05) is 23.7 Å². The lowest BCUT2D eigenvalue weighted by atomic mass is 9.97. The van der Waals surface area contributed by atoms with Crippen LogP contribution >= 0.6 is 0 Å². The van der Waals surface area contributed by atoms with Gasteiger partial charge < -0.3 is 15.5 Å². The molecule has 8 heteroatoms. The fourth-order valence-corrected chi connectivity index (χ4v) is 3.58. The van der Waals surface area contributed by atoms with E-state index in [1.165, 1.54) is 6.33 Å². The number of nitrogens with one attached hydrogen (secondary N) is 2. The van der Waals surface area contributed by atoms with Crippen LogP contribution in [-0.2, 0) is 4.79 Å². The number of aromatic nitrogens is 3. The van der Waals surface area contributed by atoms with E-state index in [4.69, 9.17) is 0 Å². The standard InChI is InChI=1S/C22H24N6O2/c1-16-4-2-6-19(12-16)26-22(30)27-11-3-5-17(13-27)21(29)25-18-7-9-20(10-8-18)28-15-23-14-24-28/h2,4,6-10,12,14-15,17H,3,5,11,13H2,1H3,(H,25,29)(H,26,30). The molecule has 1 saturated heterocycles. The molecule has 2 heterocycles. The van der Waals surface area contributed by atoms with E-state index in [1.807, 2.05) is 55.5 Å². The highest BCUT2D eigenvalue weighted by Crippen LogP contribution is 2.21. The van der Waals surface area contributed by atoms with Crippen molar-refractivity contribution in [3.05, 3.63) is 66.7 Å². The lowest BCUT2D eigenvalue weighted by Gasteiger charge is -2.32. The number of carbonyl (C=O) groups is 2. The molecule has 1 unspecified atom stereocenters. The molecule has 1 aromatic heterocycles. The van der Waals surface area contributed by atoms with Crippen LogP contribution in [0.3, 0.4) is 0 Å². The molecule has 154 valence electrons. The normalized spacial score (nSPS) is 16.2. The zero-order valence-corrected chi connectivity index (χ0v) is 16.8. The Labute approximate surface area is 174 Å². The number of carbonyl (C=O) groups excluding carboxylic acids is 2. The molecule has 0 aliphatic carbocycles. The average molecular weight is 404 g/mol. The monoisotopic (exact) mass is 404 g/mol. The van der Waals surface area contributed by atoms with Gasteiger partial charge in [0, 0.05) is 24.5 Å². The van der Waals surface area contributed by atoms with E-state index in [2.05, 4.69) is 20.7 Å². The maximum absolute atomic E-state index is 12.8. The first kappa shape index (κ1) is 19.6. The van der Waals surface area contributed by atoms with Crippen molar-refractivity contribution < 1.29 is 9.59 Å². The predicted molar refractivity (Wildman–Crippen MR) is 114 cm³/mol. The highest BCUT2D eigenvalue weighted by atomic mass is 16.2. The van der Waals surface area contributed by atoms with Gasteiger partial charge in [0.25, 0.3) is 0 Å². The molecule has 2 aromatic carbocycles. The average Bonchev–Trinajstić information content (AvgIpc) is 3.29. The number of aryl methyl sites for hydroxylation is 1. The minimum absolute atomic E-state index is 0.0726. The minimum atomic E-state index is -0.239. The summed E-state index contributed by atoms with van der Waals surface area (Å²) in [5.41, 5.74) is 3.42. The van der Waals surface area contributed by atoms with Crippen molar-refractivity contribution in [3.8, 4) is 5.69 Å². The molecule has 2 N–H and O–H groups in total. The highest BCUT2D eigenvalue weighted by molar-refractivity contribution is 5.94. The third-order valence-electron chi connectivity index (χ3n) is 5.17. The molecule has 0 saturated carbocycles. The van der Waals surface area contributed by atoms with Gasteiger partial charge in [0.1, 0.15) is 12.7 Å². The van der Waals surface area contributed by atoms with Crippen molar-refractivity contribution in [2.45, 2.75) is 19.8 Å². The number of benzene rings is 2. The first-order valence-electron chi connectivity index (χ1n) is 9.97. The highest BCUT2D eigenvalue weighted by Gasteiger charge is 2.28. The number of nitrogens with zero attached hydrogens (tertiary/aromatic N) is 4. The van der Waals surface area contributed by atoms with Crippen molar-refractivity contribution >= 4 is 23.3 Å². The molecule has 8 nitrogen and oxygen atoms in total. The third-order valence-corrected chi connectivity index (χ3v) is 5.17. The molecule has 1 aliphatic rings. The number of likely N-dealkylation sites (tertiary alicyclic amines) is 1. The third kappa shape index (κ3) is 4.65. The van der Waals surface area contributed by atoms with E-state index < -0.39 is 0 Å². The summed E-state index contributed by atoms with van der Waals surface area (Å²) < 4.78 is 1.65. The Morgan fingerprint density at radius 3 is 2.63 bits per heavy atom. The van der Waals surface area contributed by atoms with Crippen molar-refractivity contribution in [2.24, 2.45) is 5.92 Å². The van der Waals surface area contributed by atoms with Gasteiger partial charge in [0.15, 0.2) is 0 Å². The number of hydrogen-bond acceptors (Lipinski definition) is 4. The first-order valence-corrected chi connectivity index (χ1v) is 9.97. The van der Waals surface area contributed by atoms with Crippen LogP contribution < -0.4 is 10.6 Å². The molecule has 1 fully saturated rings. The molecule has 30 heavy (non-hydrogen) atoms. The maximum atomic E-state index is 12.8. The van der Waals surface area contributed by atoms with Gasteiger partial charge in [-0.1, -0.05) is 12.1 Å². The van der Waals surface area contributed by atoms with E-state index in [9.17, 15) is 9.59 Å². The van der Waals surface area contributed by atoms with Crippen LogP contribution in [0.15, 0.2) is 61.2 Å². The van der Waals surface area contributed by atoms with Crippen LogP contribution in [0.4, 0.5) is 16.2 Å². The summed E-state index contributed by atoms with van der Waals surface area (Å²) in [5, 5.41) is 9.97. The Morgan fingerprint density at radius 1 is 1.07 bits per heavy atom. The summed E-state index contributed by atoms with van der Waals surface area (Å²) in [5.74, 6) is -0.312. The molecule has 0 spiro atoms. The zero-order chi connectivity index (χ0) is 20.9. The van der Waals surface area contributed by atoms with Gasteiger partial charge in [-0.15, -0.1) is 0 Å². The second-order valence-electron chi connectivity index (χ2n) is 7.46. The largest absolute Gasteiger partial charge is 0.326 e. The van der Waals surface area contributed by atoms with E-state index in [0.717, 1.165) is 29.8 Å². The first-order chi connectivity index (χ1) is 14.6. The smallest absolute Gasteiger partial charge is 0.321 e. The molecule has 0 bridgehead atoms. The lowest BCUT2D eigenvalue weighted by Crippen LogP contribution is -2.45. The van der Waals surface area contributed by atoms with Crippen molar-refractivity contribution in [1.29, 1.82) is 0 Å². The van der Waals surface area contributed by atoms with Gasteiger partial charge in [0.05, 0.1) is 11.6 Å². The molecule has 3 amide bonds. The Balaban J connectivity index is 1.34. The van der Waals surface area contributed by atoms with Gasteiger partial charge in [-0.05, 0) is 61.7 Å². The number of piperidine rings is 1. The molecule has 1 atom stereocenters. The van der Waals surface area contributed by atoms with Crippen LogP contribution in [0.1, 0.15) is 18.4 Å². The summed E-state index contributed by atoms with van der Waals surface area (Å²) in [6, 6.07) is 14.9. The second-order valence-corrected chi connectivity index (χ2v) is 7.46. The number of amides is 3. The SMILES string of the molecule is Cc1cccc(NC(=O)N2CCCC(C(=O)Nc3ccc(-n4cncn4)cc3)C2)c1. The molecule has 3 aromatic rings. The minimum Gasteiger partial charge on any atom is -0.326 e. The van der Waals surface area contributed by atoms with Gasteiger partial charge in [0.2, 0.25) is 5.91 Å². The van der Waals surface area contributed by atoms with Crippen molar-refractivity contribution in [1.82, 2.24) is 19.7 Å². The summed E-state index contributed by atoms with van der Waals surface area (Å²) in [7, 11) is 0. The van der Waals surface area contributed by atoms with E-state index in [0.29, 0.717) is 18.8 Å². The topological polar surface area (TPSA) is 92.2 Å². The van der Waals surface area contributed by atoms with Gasteiger partial charge >= 0.3 is 6.03 Å². The number of rotatable bonds is 4. The number of anilines is 2. The molecule has 4 rings (SSSR count). The fourth-order valence-electron chi connectivity index (χ4n) is 3.58. The Morgan fingerprint density at radius 2 is 1.90 bits per heavy atom. The van der Waals surface area contributed by atoms with Crippen molar-refractivity contribution in [3.63, 3.8) is 0 Å². The van der Waals surface area contributed by atoms with Crippen LogP contribution in [0.25, 0.3) is 5.69 Å². The molecular formula is C22H24N6O2. The Bertz CT molecular complexity index is 1020. The van der Waals surface area contributed by atoms with Crippen LogP contribution in [-0.4, -0.2) is 44.7 Å². The van der Waals surface area contributed by atoms with E-state index in [1.54, 1.807) is 15.9 Å². The fraction of sp³-hybridized carbons (Fsp3) is 0.273. The summed E-state index contributed by atoms with van der Waals surface area (Å²) in [6.07, 6.45) is 4.65. The van der Waals surface area contributed by atoms with E-state index in [-0.39, 0.29) is 17.9 Å². The maximum Gasteiger partial charge on any atom is 0.321 e. The zero-order valence-electron chi connectivity index (χ0n) is 16.8. The summed E-state index contributed by atoms with van der Waals surface area (Å²) in [4.78, 5) is 31.0. The van der Waals surface area contributed by atoms with Crippen LogP contribution in [0, 0.1) is 12.8 Å². The Hall–Kier alpha value is -3.68. The quantitative estimate of drug-likeness (QED) is 0.697. The van der Waals surface area contributed by atoms with E-state index >= 15 is 0 Å².